The van der Waals surface area contributed by atoms with Gasteiger partial charge in [0, 0.05) is 29.9 Å². The molecule has 1 heterocycles. The molecule has 2 aromatic rings. The molecule has 1 aromatic heterocycles. The monoisotopic (exact) mass is 245 g/mol. The largest absolute Gasteiger partial charge is 0.361 e. The van der Waals surface area contributed by atoms with Crippen LogP contribution in [-0.2, 0) is 0 Å². The third-order valence-electron chi connectivity index (χ3n) is 3.26. The molecule has 0 saturated heterocycles. The van der Waals surface area contributed by atoms with Crippen LogP contribution in [0.25, 0.3) is 10.9 Å². The van der Waals surface area contributed by atoms with E-state index < -0.39 is 0 Å². The predicted octanol–water partition coefficient (Wildman–Crippen LogP) is 1.85. The predicted molar refractivity (Wildman–Crippen MR) is 73.8 cm³/mol. The van der Waals surface area contributed by atoms with Gasteiger partial charge in [0.2, 0.25) is 0 Å². The number of nitrogens with one attached hydrogen (secondary N) is 2. The van der Waals surface area contributed by atoms with Crippen LogP contribution in [0.3, 0.4) is 0 Å². The number of carbonyl (C=O) groups excluding carboxylic acids is 1. The number of likely N-dealkylation sites (N-methyl/N-ethyl adjacent to an activating group) is 1. The fraction of sp³-hybridized carbons (Fsp3) is 0.357. The Morgan fingerprint density at radius 1 is 1.39 bits per heavy atom. The normalized spacial score (nSPS) is 12.9. The van der Waals surface area contributed by atoms with E-state index in [0.717, 1.165) is 10.9 Å². The van der Waals surface area contributed by atoms with Gasteiger partial charge in [-0.3, -0.25) is 4.79 Å². The quantitative estimate of drug-likeness (QED) is 0.863. The maximum Gasteiger partial charge on any atom is 0.251 e. The second-order valence-corrected chi connectivity index (χ2v) is 4.80. The summed E-state index contributed by atoms with van der Waals surface area (Å²) >= 11 is 0. The standard InChI is InChI=1S/C14H19N3O/c1-10(17(2)3)9-16-14(18)12-5-4-11-6-7-15-13(11)8-12/h4-8,10,15H,9H2,1-3H3,(H,16,18). The van der Waals surface area contributed by atoms with Crippen LogP contribution in [0.2, 0.25) is 0 Å². The Hall–Kier alpha value is -1.81. The highest BCUT2D eigenvalue weighted by molar-refractivity contribution is 5.97. The van der Waals surface area contributed by atoms with E-state index >= 15 is 0 Å². The number of benzene rings is 1. The molecule has 18 heavy (non-hydrogen) atoms. The Labute approximate surface area is 107 Å². The van der Waals surface area contributed by atoms with Gasteiger partial charge < -0.3 is 15.2 Å². The lowest BCUT2D eigenvalue weighted by Gasteiger charge is -2.19. The number of carbonyl (C=O) groups is 1. The summed E-state index contributed by atoms with van der Waals surface area (Å²) in [6.45, 7) is 2.73. The van der Waals surface area contributed by atoms with Gasteiger partial charge in [0.1, 0.15) is 0 Å². The van der Waals surface area contributed by atoms with E-state index in [2.05, 4.69) is 22.1 Å². The van der Waals surface area contributed by atoms with E-state index in [0.29, 0.717) is 18.2 Å². The van der Waals surface area contributed by atoms with E-state index in [9.17, 15) is 4.79 Å². The van der Waals surface area contributed by atoms with Gasteiger partial charge >= 0.3 is 0 Å². The van der Waals surface area contributed by atoms with Gasteiger partial charge in [-0.2, -0.15) is 0 Å². The second kappa shape index (κ2) is 5.23. The molecular weight excluding hydrogens is 226 g/mol. The average Bonchev–Trinajstić information content (AvgIpc) is 2.82. The highest BCUT2D eigenvalue weighted by Gasteiger charge is 2.09. The number of nitrogens with zero attached hydrogens (tertiary/aromatic N) is 1. The molecule has 0 bridgehead atoms. The van der Waals surface area contributed by atoms with Gasteiger partial charge in [-0.15, -0.1) is 0 Å². The number of hydrogen-bond donors (Lipinski definition) is 2. The summed E-state index contributed by atoms with van der Waals surface area (Å²) in [5.74, 6) is -0.0276. The van der Waals surface area contributed by atoms with E-state index in [1.165, 1.54) is 0 Å². The van der Waals surface area contributed by atoms with Crippen LogP contribution >= 0.6 is 0 Å². The van der Waals surface area contributed by atoms with Gasteiger partial charge in [0.25, 0.3) is 5.91 Å². The number of hydrogen-bond acceptors (Lipinski definition) is 2. The smallest absolute Gasteiger partial charge is 0.251 e. The first-order valence-electron chi connectivity index (χ1n) is 6.09. The van der Waals surface area contributed by atoms with Gasteiger partial charge in [0.05, 0.1) is 0 Å². The number of H-pyrrole nitrogens is 1. The number of aromatic nitrogens is 1. The van der Waals surface area contributed by atoms with Crippen molar-refractivity contribution in [3.63, 3.8) is 0 Å². The summed E-state index contributed by atoms with van der Waals surface area (Å²) in [6, 6.07) is 8.00. The molecule has 0 aliphatic carbocycles. The van der Waals surface area contributed by atoms with Crippen LogP contribution in [0, 0.1) is 0 Å². The molecule has 2 rings (SSSR count). The fourth-order valence-electron chi connectivity index (χ4n) is 1.71. The minimum Gasteiger partial charge on any atom is -0.361 e. The van der Waals surface area contributed by atoms with Gasteiger partial charge in [-0.1, -0.05) is 6.07 Å². The highest BCUT2D eigenvalue weighted by Crippen LogP contribution is 2.13. The van der Waals surface area contributed by atoms with Crippen LogP contribution in [0.5, 0.6) is 0 Å². The van der Waals surface area contributed by atoms with Crippen molar-refractivity contribution in [2.24, 2.45) is 0 Å². The molecule has 2 N–H and O–H groups in total. The minimum atomic E-state index is -0.0276. The molecule has 0 spiro atoms. The number of aromatic amines is 1. The van der Waals surface area contributed by atoms with Crippen molar-refractivity contribution in [1.29, 1.82) is 0 Å². The zero-order valence-electron chi connectivity index (χ0n) is 11.0. The lowest BCUT2D eigenvalue weighted by Crippen LogP contribution is -2.38. The summed E-state index contributed by atoms with van der Waals surface area (Å²) in [4.78, 5) is 17.2. The molecule has 0 aliphatic heterocycles. The minimum absolute atomic E-state index is 0.0276. The molecule has 96 valence electrons. The van der Waals surface area contributed by atoms with E-state index in [4.69, 9.17) is 0 Å². The van der Waals surface area contributed by atoms with Crippen molar-refractivity contribution in [2.75, 3.05) is 20.6 Å². The lowest BCUT2D eigenvalue weighted by molar-refractivity contribution is 0.0944. The number of rotatable bonds is 4. The van der Waals surface area contributed by atoms with Gasteiger partial charge in [-0.05, 0) is 44.6 Å². The zero-order valence-corrected chi connectivity index (χ0v) is 11.0. The Bertz CT molecular complexity index is 545. The maximum atomic E-state index is 12.0. The molecular formula is C14H19N3O. The van der Waals surface area contributed by atoms with Crippen LogP contribution in [0.4, 0.5) is 0 Å². The summed E-state index contributed by atoms with van der Waals surface area (Å²) in [5, 5.41) is 4.06. The molecule has 4 heteroatoms. The van der Waals surface area contributed by atoms with Crippen molar-refractivity contribution in [3.05, 3.63) is 36.0 Å². The lowest BCUT2D eigenvalue weighted by atomic mass is 10.1. The highest BCUT2D eigenvalue weighted by atomic mass is 16.1. The van der Waals surface area contributed by atoms with Gasteiger partial charge in [-0.25, -0.2) is 0 Å². The first-order valence-corrected chi connectivity index (χ1v) is 6.09. The zero-order chi connectivity index (χ0) is 13.1. The molecule has 1 aromatic carbocycles. The molecule has 0 radical (unpaired) electrons. The van der Waals surface area contributed by atoms with Gasteiger partial charge in [0.15, 0.2) is 0 Å². The molecule has 1 atom stereocenters. The summed E-state index contributed by atoms with van der Waals surface area (Å²) in [7, 11) is 4.00. The third kappa shape index (κ3) is 2.71. The van der Waals surface area contributed by atoms with Crippen molar-refractivity contribution in [2.45, 2.75) is 13.0 Å². The average molecular weight is 245 g/mol. The van der Waals surface area contributed by atoms with E-state index in [1.54, 1.807) is 0 Å². The van der Waals surface area contributed by atoms with Crippen LogP contribution in [-0.4, -0.2) is 42.5 Å². The number of fused-ring (bicyclic) bond motifs is 1. The van der Waals surface area contributed by atoms with Crippen molar-refractivity contribution in [1.82, 2.24) is 15.2 Å². The van der Waals surface area contributed by atoms with E-state index in [-0.39, 0.29) is 5.91 Å². The molecule has 0 aliphatic rings. The van der Waals surface area contributed by atoms with Crippen molar-refractivity contribution < 1.29 is 4.79 Å². The molecule has 4 nitrogen and oxygen atoms in total. The Morgan fingerprint density at radius 2 is 2.17 bits per heavy atom. The van der Waals surface area contributed by atoms with Crippen molar-refractivity contribution in [3.8, 4) is 0 Å². The van der Waals surface area contributed by atoms with Crippen LogP contribution < -0.4 is 5.32 Å². The Morgan fingerprint density at radius 3 is 2.89 bits per heavy atom. The summed E-state index contributed by atoms with van der Waals surface area (Å²) in [5.41, 5.74) is 1.68. The van der Waals surface area contributed by atoms with Crippen LogP contribution in [0.1, 0.15) is 17.3 Å². The first kappa shape index (κ1) is 12.6. The van der Waals surface area contributed by atoms with Crippen LogP contribution in [0.15, 0.2) is 30.5 Å². The topological polar surface area (TPSA) is 48.1 Å². The van der Waals surface area contributed by atoms with Crippen molar-refractivity contribution >= 4 is 16.8 Å². The first-order chi connectivity index (χ1) is 8.58. The van der Waals surface area contributed by atoms with E-state index in [1.807, 2.05) is 44.6 Å². The SMILES string of the molecule is CC(CNC(=O)c1ccc2cc[nH]c2c1)N(C)C. The molecule has 0 fully saturated rings. The maximum absolute atomic E-state index is 12.0. The fourth-order valence-corrected chi connectivity index (χ4v) is 1.71. The Balaban J connectivity index is 2.04. The summed E-state index contributed by atoms with van der Waals surface area (Å²) in [6.07, 6.45) is 1.88. The second-order valence-electron chi connectivity index (χ2n) is 4.80. The molecule has 1 amide bonds. The Kier molecular flexibility index (Phi) is 3.67. The third-order valence-corrected chi connectivity index (χ3v) is 3.26. The number of amides is 1. The molecule has 1 unspecified atom stereocenters. The molecule has 0 saturated carbocycles. The summed E-state index contributed by atoms with van der Waals surface area (Å²) < 4.78 is 0.